The van der Waals surface area contributed by atoms with Gasteiger partial charge in [0.25, 0.3) is 0 Å². The van der Waals surface area contributed by atoms with Crippen LogP contribution in [0.15, 0.2) is 18.2 Å². The molecule has 1 aliphatic rings. The van der Waals surface area contributed by atoms with Crippen LogP contribution >= 0.6 is 22.6 Å². The maximum Gasteiger partial charge on any atom is 0.0399 e. The first-order chi connectivity index (χ1) is 6.81. The average molecular weight is 301 g/mol. The van der Waals surface area contributed by atoms with E-state index in [0.717, 1.165) is 0 Å². The normalized spacial score (nSPS) is 15.4. The highest BCUT2D eigenvalue weighted by atomic mass is 127. The monoisotopic (exact) mass is 301 g/mol. The second-order valence-electron chi connectivity index (χ2n) is 3.86. The van der Waals surface area contributed by atoms with E-state index in [1.807, 2.05) is 0 Å². The van der Waals surface area contributed by atoms with Crippen LogP contribution in [0.1, 0.15) is 25.3 Å². The minimum absolute atomic E-state index is 1.20. The maximum atomic E-state index is 2.52. The third-order valence-electron chi connectivity index (χ3n) is 2.75. The van der Waals surface area contributed by atoms with Crippen LogP contribution in [0, 0.1) is 3.57 Å². The summed E-state index contributed by atoms with van der Waals surface area (Å²) in [4.78, 5) is 2.52. The molecule has 1 aliphatic heterocycles. The highest BCUT2D eigenvalue weighted by Crippen LogP contribution is 2.28. The molecule has 0 N–H and O–H groups in total. The second-order valence-corrected chi connectivity index (χ2v) is 5.11. The summed E-state index contributed by atoms with van der Waals surface area (Å²) in [5.41, 5.74) is 3.01. The summed E-state index contributed by atoms with van der Waals surface area (Å²) in [6.07, 6.45) is 3.81. The lowest BCUT2D eigenvalue weighted by Crippen LogP contribution is -2.29. The van der Waals surface area contributed by atoms with Gasteiger partial charge in [0.1, 0.15) is 0 Å². The fourth-order valence-corrected chi connectivity index (χ4v) is 2.70. The van der Waals surface area contributed by atoms with Crippen molar-refractivity contribution in [2.75, 3.05) is 18.0 Å². The molecule has 1 heterocycles. The molecular formula is C12H16IN. The molecule has 0 aromatic heterocycles. The second kappa shape index (κ2) is 4.51. The Balaban J connectivity index is 2.30. The molecule has 2 heteroatoms. The summed E-state index contributed by atoms with van der Waals surface area (Å²) in [6.45, 7) is 4.69. The molecule has 0 saturated heterocycles. The first-order valence-electron chi connectivity index (χ1n) is 5.34. The molecule has 1 aromatic rings. The number of anilines is 1. The van der Waals surface area contributed by atoms with Gasteiger partial charge < -0.3 is 4.90 Å². The number of halogens is 1. The summed E-state index contributed by atoms with van der Waals surface area (Å²) in [6, 6.07) is 6.83. The van der Waals surface area contributed by atoms with E-state index in [4.69, 9.17) is 0 Å². The number of rotatable bonds is 2. The number of fused-ring (bicyclic) bond motifs is 1. The molecule has 0 spiro atoms. The molecule has 0 unspecified atom stereocenters. The van der Waals surface area contributed by atoms with Crippen LogP contribution in [0.25, 0.3) is 0 Å². The summed E-state index contributed by atoms with van der Waals surface area (Å²) >= 11 is 2.40. The Bertz CT molecular complexity index is 322. The minimum atomic E-state index is 1.20. The quantitative estimate of drug-likeness (QED) is 0.756. The largest absolute Gasteiger partial charge is 0.371 e. The van der Waals surface area contributed by atoms with Gasteiger partial charge in [-0.1, -0.05) is 6.92 Å². The zero-order valence-electron chi connectivity index (χ0n) is 8.59. The van der Waals surface area contributed by atoms with Crippen molar-refractivity contribution >= 4 is 28.3 Å². The van der Waals surface area contributed by atoms with Gasteiger partial charge in [-0.05, 0) is 65.6 Å². The van der Waals surface area contributed by atoms with E-state index in [-0.39, 0.29) is 0 Å². The zero-order chi connectivity index (χ0) is 9.97. The minimum Gasteiger partial charge on any atom is -0.371 e. The van der Waals surface area contributed by atoms with E-state index in [9.17, 15) is 0 Å². The first kappa shape index (κ1) is 10.3. The Labute approximate surface area is 99.6 Å². The Morgan fingerprint density at radius 2 is 2.29 bits per heavy atom. The van der Waals surface area contributed by atoms with Crippen molar-refractivity contribution < 1.29 is 0 Å². The topological polar surface area (TPSA) is 3.24 Å². The van der Waals surface area contributed by atoms with Crippen molar-refractivity contribution in [1.82, 2.24) is 0 Å². The van der Waals surface area contributed by atoms with Crippen LogP contribution in [0.5, 0.6) is 0 Å². The number of hydrogen-bond donors (Lipinski definition) is 0. The Kier molecular flexibility index (Phi) is 3.31. The lowest BCUT2D eigenvalue weighted by Gasteiger charge is -2.31. The highest BCUT2D eigenvalue weighted by Gasteiger charge is 2.15. The molecule has 14 heavy (non-hydrogen) atoms. The van der Waals surface area contributed by atoms with Gasteiger partial charge in [-0.3, -0.25) is 0 Å². The molecule has 0 bridgehead atoms. The molecule has 0 saturated carbocycles. The van der Waals surface area contributed by atoms with E-state index < -0.39 is 0 Å². The Morgan fingerprint density at radius 3 is 3.07 bits per heavy atom. The zero-order valence-corrected chi connectivity index (χ0v) is 10.8. The third-order valence-corrected chi connectivity index (χ3v) is 3.42. The molecule has 0 atom stereocenters. The van der Waals surface area contributed by atoms with Gasteiger partial charge in [-0.25, -0.2) is 0 Å². The summed E-state index contributed by atoms with van der Waals surface area (Å²) in [5.74, 6) is 0. The van der Waals surface area contributed by atoms with Crippen molar-refractivity contribution in [3.63, 3.8) is 0 Å². The molecule has 1 nitrogen and oxygen atoms in total. The predicted molar refractivity (Wildman–Crippen MR) is 70.0 cm³/mol. The lowest BCUT2D eigenvalue weighted by molar-refractivity contribution is 0.681. The van der Waals surface area contributed by atoms with Crippen molar-refractivity contribution in [2.45, 2.75) is 26.2 Å². The first-order valence-corrected chi connectivity index (χ1v) is 6.42. The molecular weight excluding hydrogens is 285 g/mol. The standard InChI is InChI=1S/C12H16IN/c1-2-7-14-8-3-4-10-9-11(13)5-6-12(10)14/h5-6,9H,2-4,7-8H2,1H3. The van der Waals surface area contributed by atoms with Crippen molar-refractivity contribution in [3.05, 3.63) is 27.3 Å². The van der Waals surface area contributed by atoms with Gasteiger partial charge in [0.15, 0.2) is 0 Å². The smallest absolute Gasteiger partial charge is 0.0399 e. The summed E-state index contributed by atoms with van der Waals surface area (Å²) in [5, 5.41) is 0. The molecule has 76 valence electrons. The van der Waals surface area contributed by atoms with Gasteiger partial charge in [0, 0.05) is 22.3 Å². The fraction of sp³-hybridized carbons (Fsp3) is 0.500. The molecule has 0 aliphatic carbocycles. The van der Waals surface area contributed by atoms with E-state index >= 15 is 0 Å². The summed E-state index contributed by atoms with van der Waals surface area (Å²) < 4.78 is 1.36. The van der Waals surface area contributed by atoms with Gasteiger partial charge in [0.2, 0.25) is 0 Å². The molecule has 0 fully saturated rings. The molecule has 2 rings (SSSR count). The number of hydrogen-bond acceptors (Lipinski definition) is 1. The third kappa shape index (κ3) is 2.05. The van der Waals surface area contributed by atoms with Gasteiger partial charge >= 0.3 is 0 Å². The van der Waals surface area contributed by atoms with Gasteiger partial charge in [-0.2, -0.15) is 0 Å². The van der Waals surface area contributed by atoms with Crippen molar-refractivity contribution in [1.29, 1.82) is 0 Å². The lowest BCUT2D eigenvalue weighted by atomic mass is 10.0. The van der Waals surface area contributed by atoms with Gasteiger partial charge in [0.05, 0.1) is 0 Å². The van der Waals surface area contributed by atoms with Gasteiger partial charge in [-0.15, -0.1) is 0 Å². The predicted octanol–water partition coefficient (Wildman–Crippen LogP) is 3.45. The Hall–Kier alpha value is -0.250. The molecule has 1 aromatic carbocycles. The van der Waals surface area contributed by atoms with Crippen LogP contribution in [0.4, 0.5) is 5.69 Å². The molecule has 0 radical (unpaired) electrons. The van der Waals surface area contributed by atoms with Crippen molar-refractivity contribution in [3.8, 4) is 0 Å². The van der Waals surface area contributed by atoms with E-state index in [1.165, 1.54) is 47.2 Å². The average Bonchev–Trinajstić information content (AvgIpc) is 2.18. The highest BCUT2D eigenvalue weighted by molar-refractivity contribution is 14.1. The summed E-state index contributed by atoms with van der Waals surface area (Å²) in [7, 11) is 0. The van der Waals surface area contributed by atoms with E-state index in [2.05, 4.69) is 52.6 Å². The van der Waals surface area contributed by atoms with Crippen molar-refractivity contribution in [2.24, 2.45) is 0 Å². The van der Waals surface area contributed by atoms with Crippen LogP contribution in [0.3, 0.4) is 0 Å². The fourth-order valence-electron chi connectivity index (χ4n) is 2.15. The SMILES string of the molecule is CCCN1CCCc2cc(I)ccc21. The Morgan fingerprint density at radius 1 is 1.43 bits per heavy atom. The van der Waals surface area contributed by atoms with Crippen LogP contribution in [-0.2, 0) is 6.42 Å². The maximum absolute atomic E-state index is 2.52. The van der Waals surface area contributed by atoms with Crippen LogP contribution in [0.2, 0.25) is 0 Å². The van der Waals surface area contributed by atoms with E-state index in [0.29, 0.717) is 0 Å². The number of benzene rings is 1. The number of nitrogens with zero attached hydrogens (tertiary/aromatic N) is 1. The number of aryl methyl sites for hydroxylation is 1. The van der Waals surface area contributed by atoms with Crippen LogP contribution < -0.4 is 4.90 Å². The van der Waals surface area contributed by atoms with Crippen LogP contribution in [-0.4, -0.2) is 13.1 Å². The van der Waals surface area contributed by atoms with E-state index in [1.54, 1.807) is 0 Å². The molecule has 0 amide bonds.